The van der Waals surface area contributed by atoms with E-state index in [-0.39, 0.29) is 6.04 Å². The summed E-state index contributed by atoms with van der Waals surface area (Å²) in [7, 11) is 2.23. The van der Waals surface area contributed by atoms with Gasteiger partial charge in [-0.25, -0.2) is 0 Å². The standard InChI is InChI=1S/C18H25N3/c1-21(15-8-3-2-4-9-15)18(11-19)17-13-20-12-14-7-5-6-10-16(14)17/h5-7,10,12-13,15,18H,2-4,8-9,11,19H2,1H3. The SMILES string of the molecule is CN(C1CCCCC1)C(CN)c1cncc2ccccc12. The summed E-state index contributed by atoms with van der Waals surface area (Å²) in [5.41, 5.74) is 7.40. The minimum absolute atomic E-state index is 0.256. The molecule has 3 heteroatoms. The molecular formula is C18H25N3. The third-order valence-electron chi connectivity index (χ3n) is 4.92. The van der Waals surface area contributed by atoms with Crippen LogP contribution in [0.2, 0.25) is 0 Å². The molecule has 0 radical (unpaired) electrons. The first kappa shape index (κ1) is 14.5. The normalized spacial score (nSPS) is 18.2. The van der Waals surface area contributed by atoms with Crippen LogP contribution in [0.25, 0.3) is 10.8 Å². The van der Waals surface area contributed by atoms with Crippen molar-refractivity contribution in [3.05, 3.63) is 42.2 Å². The molecule has 1 fully saturated rings. The molecule has 1 aromatic carbocycles. The first-order valence-corrected chi connectivity index (χ1v) is 8.06. The van der Waals surface area contributed by atoms with Gasteiger partial charge < -0.3 is 5.73 Å². The van der Waals surface area contributed by atoms with E-state index in [2.05, 4.69) is 41.2 Å². The minimum Gasteiger partial charge on any atom is -0.329 e. The molecule has 0 bridgehead atoms. The van der Waals surface area contributed by atoms with Gasteiger partial charge in [-0.15, -0.1) is 0 Å². The van der Waals surface area contributed by atoms with Crippen LogP contribution < -0.4 is 5.73 Å². The zero-order valence-electron chi connectivity index (χ0n) is 12.8. The molecule has 1 aromatic heterocycles. The Bertz CT molecular complexity index is 585. The van der Waals surface area contributed by atoms with Gasteiger partial charge in [-0.2, -0.15) is 0 Å². The average Bonchev–Trinajstić information content (AvgIpc) is 2.56. The number of hydrogen-bond donors (Lipinski definition) is 1. The molecule has 1 unspecified atom stereocenters. The predicted octanol–water partition coefficient (Wildman–Crippen LogP) is 3.50. The maximum absolute atomic E-state index is 6.13. The van der Waals surface area contributed by atoms with Gasteiger partial charge in [-0.05, 0) is 30.8 Å². The predicted molar refractivity (Wildman–Crippen MR) is 88.2 cm³/mol. The van der Waals surface area contributed by atoms with Gasteiger partial charge in [0.05, 0.1) is 0 Å². The van der Waals surface area contributed by atoms with E-state index in [1.54, 1.807) is 0 Å². The van der Waals surface area contributed by atoms with Crippen LogP contribution in [0.4, 0.5) is 0 Å². The number of likely N-dealkylation sites (N-methyl/N-ethyl adjacent to an activating group) is 1. The third-order valence-corrected chi connectivity index (χ3v) is 4.92. The second-order valence-electron chi connectivity index (χ2n) is 6.16. The molecule has 1 aliphatic carbocycles. The van der Waals surface area contributed by atoms with E-state index in [0.29, 0.717) is 12.6 Å². The Morgan fingerprint density at radius 2 is 1.95 bits per heavy atom. The van der Waals surface area contributed by atoms with Crippen LogP contribution in [0.5, 0.6) is 0 Å². The Hall–Kier alpha value is -1.45. The zero-order valence-corrected chi connectivity index (χ0v) is 12.8. The minimum atomic E-state index is 0.256. The summed E-state index contributed by atoms with van der Waals surface area (Å²) in [6.45, 7) is 0.642. The summed E-state index contributed by atoms with van der Waals surface area (Å²) >= 11 is 0. The van der Waals surface area contributed by atoms with Gasteiger partial charge in [-0.1, -0.05) is 43.5 Å². The summed E-state index contributed by atoms with van der Waals surface area (Å²) in [5.74, 6) is 0. The Morgan fingerprint density at radius 3 is 2.71 bits per heavy atom. The average molecular weight is 283 g/mol. The fourth-order valence-corrected chi connectivity index (χ4v) is 3.66. The number of nitrogens with two attached hydrogens (primary N) is 1. The first-order valence-electron chi connectivity index (χ1n) is 8.06. The summed E-state index contributed by atoms with van der Waals surface area (Å²) in [6, 6.07) is 9.39. The fraction of sp³-hybridized carbons (Fsp3) is 0.500. The fourth-order valence-electron chi connectivity index (χ4n) is 3.66. The Balaban J connectivity index is 1.94. The summed E-state index contributed by atoms with van der Waals surface area (Å²) < 4.78 is 0. The van der Waals surface area contributed by atoms with Crippen molar-refractivity contribution in [1.29, 1.82) is 0 Å². The summed E-state index contributed by atoms with van der Waals surface area (Å²) in [4.78, 5) is 6.92. The second kappa shape index (κ2) is 6.54. The second-order valence-corrected chi connectivity index (χ2v) is 6.16. The topological polar surface area (TPSA) is 42.1 Å². The number of pyridine rings is 1. The highest BCUT2D eigenvalue weighted by Crippen LogP contribution is 2.31. The molecule has 0 aliphatic heterocycles. The molecule has 3 rings (SSSR count). The third kappa shape index (κ3) is 2.94. The molecule has 21 heavy (non-hydrogen) atoms. The van der Waals surface area contributed by atoms with E-state index in [1.165, 1.54) is 48.4 Å². The van der Waals surface area contributed by atoms with Crippen molar-refractivity contribution in [3.8, 4) is 0 Å². The Labute approximate surface area is 127 Å². The van der Waals surface area contributed by atoms with Gasteiger partial charge >= 0.3 is 0 Å². The lowest BCUT2D eigenvalue weighted by Gasteiger charge is -2.37. The summed E-state index contributed by atoms with van der Waals surface area (Å²) in [6.07, 6.45) is 10.6. The number of aromatic nitrogens is 1. The van der Waals surface area contributed by atoms with Gasteiger partial charge in [0.15, 0.2) is 0 Å². The molecule has 3 nitrogen and oxygen atoms in total. The highest BCUT2D eigenvalue weighted by Gasteiger charge is 2.25. The van der Waals surface area contributed by atoms with Gasteiger partial charge in [0.2, 0.25) is 0 Å². The molecule has 2 N–H and O–H groups in total. The van der Waals surface area contributed by atoms with E-state index in [0.717, 1.165) is 0 Å². The van der Waals surface area contributed by atoms with Gasteiger partial charge in [0.25, 0.3) is 0 Å². The quantitative estimate of drug-likeness (QED) is 0.934. The molecule has 0 spiro atoms. The smallest absolute Gasteiger partial charge is 0.0491 e. The van der Waals surface area contributed by atoms with Crippen molar-refractivity contribution in [3.63, 3.8) is 0 Å². The first-order chi connectivity index (χ1) is 10.3. The molecule has 2 aromatic rings. The highest BCUT2D eigenvalue weighted by atomic mass is 15.2. The Kier molecular flexibility index (Phi) is 4.51. The van der Waals surface area contributed by atoms with Crippen molar-refractivity contribution in [2.24, 2.45) is 5.73 Å². The van der Waals surface area contributed by atoms with Crippen molar-refractivity contribution in [2.75, 3.05) is 13.6 Å². The lowest BCUT2D eigenvalue weighted by atomic mass is 9.92. The molecule has 1 aliphatic rings. The monoisotopic (exact) mass is 283 g/mol. The van der Waals surface area contributed by atoms with Crippen molar-refractivity contribution in [2.45, 2.75) is 44.2 Å². The molecular weight excluding hydrogens is 258 g/mol. The van der Waals surface area contributed by atoms with E-state index in [1.807, 2.05) is 12.4 Å². The summed E-state index contributed by atoms with van der Waals surface area (Å²) in [5, 5.41) is 2.48. The van der Waals surface area contributed by atoms with E-state index in [4.69, 9.17) is 5.73 Å². The number of nitrogens with zero attached hydrogens (tertiary/aromatic N) is 2. The molecule has 1 heterocycles. The van der Waals surface area contributed by atoms with Gasteiger partial charge in [-0.3, -0.25) is 9.88 Å². The lowest BCUT2D eigenvalue weighted by Crippen LogP contribution is -2.39. The van der Waals surface area contributed by atoms with E-state index >= 15 is 0 Å². The van der Waals surface area contributed by atoms with Crippen molar-refractivity contribution in [1.82, 2.24) is 9.88 Å². The molecule has 0 saturated heterocycles. The van der Waals surface area contributed by atoms with Crippen LogP contribution in [0.15, 0.2) is 36.7 Å². The van der Waals surface area contributed by atoms with Crippen LogP contribution in [0, 0.1) is 0 Å². The molecule has 1 atom stereocenters. The van der Waals surface area contributed by atoms with E-state index in [9.17, 15) is 0 Å². The number of benzene rings is 1. The maximum Gasteiger partial charge on any atom is 0.0491 e. The zero-order chi connectivity index (χ0) is 14.7. The van der Waals surface area contributed by atoms with E-state index < -0.39 is 0 Å². The van der Waals surface area contributed by atoms with Crippen molar-refractivity contribution < 1.29 is 0 Å². The lowest BCUT2D eigenvalue weighted by molar-refractivity contribution is 0.141. The van der Waals surface area contributed by atoms with Gasteiger partial charge in [0, 0.05) is 36.4 Å². The molecule has 112 valence electrons. The number of fused-ring (bicyclic) bond motifs is 1. The number of rotatable bonds is 4. The van der Waals surface area contributed by atoms with Crippen molar-refractivity contribution >= 4 is 10.8 Å². The number of hydrogen-bond acceptors (Lipinski definition) is 3. The Morgan fingerprint density at radius 1 is 1.19 bits per heavy atom. The molecule has 0 amide bonds. The van der Waals surface area contributed by atoms with Crippen LogP contribution in [-0.4, -0.2) is 29.5 Å². The van der Waals surface area contributed by atoms with Crippen LogP contribution >= 0.6 is 0 Å². The van der Waals surface area contributed by atoms with Crippen LogP contribution in [0.1, 0.15) is 43.7 Å². The highest BCUT2D eigenvalue weighted by molar-refractivity contribution is 5.85. The molecule has 1 saturated carbocycles. The van der Waals surface area contributed by atoms with Crippen LogP contribution in [-0.2, 0) is 0 Å². The van der Waals surface area contributed by atoms with Gasteiger partial charge in [0.1, 0.15) is 0 Å². The maximum atomic E-state index is 6.13. The largest absolute Gasteiger partial charge is 0.329 e. The van der Waals surface area contributed by atoms with Crippen LogP contribution in [0.3, 0.4) is 0 Å².